The minimum atomic E-state index is -0.231. The molecule has 1 aromatic heterocycles. The van der Waals surface area contributed by atoms with Crippen molar-refractivity contribution in [3.63, 3.8) is 0 Å². The van der Waals surface area contributed by atoms with E-state index in [1.54, 1.807) is 12.1 Å². The van der Waals surface area contributed by atoms with Crippen molar-refractivity contribution < 1.29 is 9.13 Å². The van der Waals surface area contributed by atoms with Crippen molar-refractivity contribution in [3.05, 3.63) is 41.5 Å². The summed E-state index contributed by atoms with van der Waals surface area (Å²) in [6, 6.07) is 6.44. The molecule has 1 heterocycles. The van der Waals surface area contributed by atoms with Crippen LogP contribution in [0.25, 0.3) is 0 Å². The topological polar surface area (TPSA) is 73.1 Å². The third kappa shape index (κ3) is 4.07. The molecule has 0 fully saturated rings. The number of nitrogen functional groups attached to an aromatic ring is 1. The van der Waals surface area contributed by atoms with Gasteiger partial charge >= 0.3 is 0 Å². The molecule has 0 unspecified atom stereocenters. The second-order valence-corrected chi connectivity index (χ2v) is 4.80. The van der Waals surface area contributed by atoms with Crippen LogP contribution in [0.4, 0.5) is 15.9 Å². The Kier molecular flexibility index (Phi) is 5.52. The fourth-order valence-corrected chi connectivity index (χ4v) is 2.01. The number of halogens is 1. The molecular formula is C16H21FN4O. The predicted octanol–water partition coefficient (Wildman–Crippen LogP) is 2.81. The van der Waals surface area contributed by atoms with Crippen LogP contribution in [0, 0.1) is 5.82 Å². The van der Waals surface area contributed by atoms with Gasteiger partial charge in [0, 0.05) is 13.0 Å². The number of aryl methyl sites for hydroxylation is 1. The van der Waals surface area contributed by atoms with Crippen LogP contribution in [0.1, 0.15) is 25.2 Å². The maximum absolute atomic E-state index is 12.9. The van der Waals surface area contributed by atoms with E-state index < -0.39 is 0 Å². The molecule has 1 aromatic carbocycles. The van der Waals surface area contributed by atoms with E-state index in [1.807, 2.05) is 13.8 Å². The lowest BCUT2D eigenvalue weighted by Crippen LogP contribution is -2.12. The SMILES string of the molecule is CCOc1nc(CC)nc(NCCc2ccc(F)cc2)c1N. The fraction of sp³-hybridized carbons (Fsp3) is 0.375. The second kappa shape index (κ2) is 7.59. The van der Waals surface area contributed by atoms with Gasteiger partial charge in [-0.25, -0.2) is 9.37 Å². The van der Waals surface area contributed by atoms with Crippen LogP contribution < -0.4 is 15.8 Å². The van der Waals surface area contributed by atoms with Crippen LogP contribution in [0.3, 0.4) is 0 Å². The Labute approximate surface area is 129 Å². The quantitative estimate of drug-likeness (QED) is 0.823. The van der Waals surface area contributed by atoms with Crippen molar-refractivity contribution in [2.75, 3.05) is 24.2 Å². The average Bonchev–Trinajstić information content (AvgIpc) is 2.52. The van der Waals surface area contributed by atoms with Crippen LogP contribution in [-0.4, -0.2) is 23.1 Å². The summed E-state index contributed by atoms with van der Waals surface area (Å²) < 4.78 is 18.3. The van der Waals surface area contributed by atoms with Gasteiger partial charge in [0.2, 0.25) is 5.88 Å². The summed E-state index contributed by atoms with van der Waals surface area (Å²) in [5.74, 6) is 1.45. The van der Waals surface area contributed by atoms with Crippen LogP contribution in [0.5, 0.6) is 5.88 Å². The van der Waals surface area contributed by atoms with E-state index in [2.05, 4.69) is 15.3 Å². The lowest BCUT2D eigenvalue weighted by Gasteiger charge is -2.13. The molecule has 3 N–H and O–H groups in total. The van der Waals surface area contributed by atoms with Crippen LogP contribution in [0.15, 0.2) is 24.3 Å². The highest BCUT2D eigenvalue weighted by molar-refractivity contribution is 5.66. The summed E-state index contributed by atoms with van der Waals surface area (Å²) in [6.45, 7) is 5.00. The van der Waals surface area contributed by atoms with Crippen molar-refractivity contribution in [2.45, 2.75) is 26.7 Å². The third-order valence-corrected chi connectivity index (χ3v) is 3.17. The standard InChI is InChI=1S/C16H21FN4O/c1-3-13-20-15(14(18)16(21-13)22-4-2)19-10-9-11-5-7-12(17)8-6-11/h5-8H,3-4,9-10,18H2,1-2H3,(H,19,20,21). The van der Waals surface area contributed by atoms with Gasteiger partial charge in [-0.3, -0.25) is 0 Å². The van der Waals surface area contributed by atoms with Crippen molar-refractivity contribution in [1.29, 1.82) is 0 Å². The molecule has 0 amide bonds. The van der Waals surface area contributed by atoms with Crippen molar-refractivity contribution in [2.24, 2.45) is 0 Å². The van der Waals surface area contributed by atoms with Crippen LogP contribution in [-0.2, 0) is 12.8 Å². The molecule has 0 spiro atoms. The van der Waals surface area contributed by atoms with E-state index in [-0.39, 0.29) is 5.82 Å². The van der Waals surface area contributed by atoms with E-state index in [0.29, 0.717) is 42.8 Å². The molecule has 0 bridgehead atoms. The van der Waals surface area contributed by atoms with Crippen LogP contribution in [0.2, 0.25) is 0 Å². The average molecular weight is 304 g/mol. The fourth-order valence-electron chi connectivity index (χ4n) is 2.01. The largest absolute Gasteiger partial charge is 0.476 e. The smallest absolute Gasteiger partial charge is 0.242 e. The predicted molar refractivity (Wildman–Crippen MR) is 85.6 cm³/mol. The summed E-state index contributed by atoms with van der Waals surface area (Å²) >= 11 is 0. The van der Waals surface area contributed by atoms with Gasteiger partial charge in [-0.15, -0.1) is 0 Å². The third-order valence-electron chi connectivity index (χ3n) is 3.17. The molecule has 0 aliphatic carbocycles. The molecule has 0 aliphatic heterocycles. The van der Waals surface area contributed by atoms with Gasteiger partial charge in [-0.2, -0.15) is 4.98 Å². The second-order valence-electron chi connectivity index (χ2n) is 4.80. The number of nitrogens with zero attached hydrogens (tertiary/aromatic N) is 2. The highest BCUT2D eigenvalue weighted by Crippen LogP contribution is 2.26. The number of anilines is 2. The Bertz CT molecular complexity index is 616. The van der Waals surface area contributed by atoms with E-state index in [9.17, 15) is 4.39 Å². The van der Waals surface area contributed by atoms with E-state index >= 15 is 0 Å². The van der Waals surface area contributed by atoms with E-state index in [1.165, 1.54) is 12.1 Å². The van der Waals surface area contributed by atoms with E-state index in [4.69, 9.17) is 10.5 Å². The van der Waals surface area contributed by atoms with Gasteiger partial charge in [-0.1, -0.05) is 19.1 Å². The maximum atomic E-state index is 12.9. The van der Waals surface area contributed by atoms with Crippen molar-refractivity contribution in [3.8, 4) is 5.88 Å². The first-order chi connectivity index (χ1) is 10.6. The van der Waals surface area contributed by atoms with Gasteiger partial charge in [0.05, 0.1) is 6.61 Å². The number of nitrogens with one attached hydrogen (secondary N) is 1. The molecule has 22 heavy (non-hydrogen) atoms. The lowest BCUT2D eigenvalue weighted by molar-refractivity contribution is 0.327. The minimum Gasteiger partial charge on any atom is -0.476 e. The number of benzene rings is 1. The molecule has 2 aromatic rings. The zero-order valence-corrected chi connectivity index (χ0v) is 12.9. The number of hydrogen-bond acceptors (Lipinski definition) is 5. The lowest BCUT2D eigenvalue weighted by atomic mass is 10.1. The first-order valence-electron chi connectivity index (χ1n) is 7.41. The zero-order chi connectivity index (χ0) is 15.9. The zero-order valence-electron chi connectivity index (χ0n) is 12.9. The molecule has 118 valence electrons. The first kappa shape index (κ1) is 16.0. The Balaban J connectivity index is 2.05. The molecule has 0 saturated carbocycles. The van der Waals surface area contributed by atoms with Gasteiger partial charge in [-0.05, 0) is 31.0 Å². The molecular weight excluding hydrogens is 283 g/mol. The Morgan fingerprint density at radius 2 is 1.91 bits per heavy atom. The summed E-state index contributed by atoms with van der Waals surface area (Å²) in [5.41, 5.74) is 7.49. The van der Waals surface area contributed by atoms with Crippen LogP contribution >= 0.6 is 0 Å². The first-order valence-corrected chi connectivity index (χ1v) is 7.41. The van der Waals surface area contributed by atoms with E-state index in [0.717, 1.165) is 12.0 Å². The Hall–Kier alpha value is -2.37. The van der Waals surface area contributed by atoms with Gasteiger partial charge in [0.1, 0.15) is 17.3 Å². The number of rotatable bonds is 7. The Morgan fingerprint density at radius 3 is 2.55 bits per heavy atom. The monoisotopic (exact) mass is 304 g/mol. The van der Waals surface area contributed by atoms with Crippen molar-refractivity contribution >= 4 is 11.5 Å². The van der Waals surface area contributed by atoms with Gasteiger partial charge in [0.15, 0.2) is 5.82 Å². The summed E-state index contributed by atoms with van der Waals surface area (Å²) in [6.07, 6.45) is 1.45. The Morgan fingerprint density at radius 1 is 1.18 bits per heavy atom. The molecule has 5 nitrogen and oxygen atoms in total. The van der Waals surface area contributed by atoms with Gasteiger partial charge in [0.25, 0.3) is 0 Å². The molecule has 0 aliphatic rings. The number of aromatic nitrogens is 2. The highest BCUT2D eigenvalue weighted by Gasteiger charge is 2.11. The molecule has 0 atom stereocenters. The summed E-state index contributed by atoms with van der Waals surface area (Å²) in [5, 5.41) is 3.20. The van der Waals surface area contributed by atoms with Crippen molar-refractivity contribution in [1.82, 2.24) is 9.97 Å². The van der Waals surface area contributed by atoms with Gasteiger partial charge < -0.3 is 15.8 Å². The summed E-state index contributed by atoms with van der Waals surface area (Å²) in [7, 11) is 0. The molecule has 6 heteroatoms. The maximum Gasteiger partial charge on any atom is 0.242 e. The molecule has 2 rings (SSSR count). The highest BCUT2D eigenvalue weighted by atomic mass is 19.1. The molecule has 0 saturated heterocycles. The minimum absolute atomic E-state index is 0.231. The summed E-state index contributed by atoms with van der Waals surface area (Å²) in [4.78, 5) is 8.67. The number of hydrogen-bond donors (Lipinski definition) is 2. The number of ether oxygens (including phenoxy) is 1. The number of nitrogens with two attached hydrogens (primary N) is 1. The normalized spacial score (nSPS) is 10.5. The molecule has 0 radical (unpaired) electrons.